The first-order valence-corrected chi connectivity index (χ1v) is 7.79. The first kappa shape index (κ1) is 16.7. The van der Waals surface area contributed by atoms with Gasteiger partial charge < -0.3 is 9.84 Å². The van der Waals surface area contributed by atoms with Gasteiger partial charge in [0.25, 0.3) is 5.69 Å². The molecule has 6 heteroatoms. The van der Waals surface area contributed by atoms with E-state index in [-0.39, 0.29) is 17.7 Å². The highest BCUT2D eigenvalue weighted by Gasteiger charge is 2.32. The van der Waals surface area contributed by atoms with Crippen LogP contribution in [0.1, 0.15) is 26.2 Å². The van der Waals surface area contributed by atoms with E-state index < -0.39 is 4.92 Å². The zero-order valence-electron chi connectivity index (χ0n) is 13.0. The van der Waals surface area contributed by atoms with Crippen LogP contribution >= 0.6 is 0 Å². The van der Waals surface area contributed by atoms with Gasteiger partial charge in [-0.1, -0.05) is 13.0 Å². The van der Waals surface area contributed by atoms with Crippen LogP contribution in [-0.2, 0) is 0 Å². The van der Waals surface area contributed by atoms with Crippen molar-refractivity contribution in [3.05, 3.63) is 34.4 Å². The molecule has 0 atom stereocenters. The Labute approximate surface area is 130 Å². The van der Waals surface area contributed by atoms with Gasteiger partial charge >= 0.3 is 0 Å². The normalized spacial score (nSPS) is 18.1. The lowest BCUT2D eigenvalue weighted by molar-refractivity contribution is -0.384. The quantitative estimate of drug-likeness (QED) is 0.618. The average Bonchev–Trinajstić information content (AvgIpc) is 2.56. The van der Waals surface area contributed by atoms with Crippen LogP contribution in [0, 0.1) is 15.5 Å². The molecule has 22 heavy (non-hydrogen) atoms. The Morgan fingerprint density at radius 2 is 2.14 bits per heavy atom. The van der Waals surface area contributed by atoms with E-state index >= 15 is 0 Å². The minimum absolute atomic E-state index is 0.0474. The molecule has 1 saturated heterocycles. The summed E-state index contributed by atoms with van der Waals surface area (Å²) in [6.07, 6.45) is 3.04. The van der Waals surface area contributed by atoms with Crippen molar-refractivity contribution in [2.45, 2.75) is 26.2 Å². The summed E-state index contributed by atoms with van der Waals surface area (Å²) in [5.74, 6) is 0.532. The predicted molar refractivity (Wildman–Crippen MR) is 84.1 cm³/mol. The van der Waals surface area contributed by atoms with Crippen LogP contribution in [0.25, 0.3) is 0 Å². The standard InChI is InChI=1S/C16H24N2O4/c1-2-16(13-19)6-8-17(9-7-16)10-11-22-15-5-3-4-14(12-15)18(20)21/h3-5,12,19H,2,6-11,13H2,1H3. The molecule has 0 bridgehead atoms. The molecule has 1 N–H and O–H groups in total. The molecule has 1 aliphatic heterocycles. The zero-order valence-corrected chi connectivity index (χ0v) is 13.0. The van der Waals surface area contributed by atoms with Crippen LogP contribution in [0.2, 0.25) is 0 Å². The third kappa shape index (κ3) is 4.18. The number of aliphatic hydroxyl groups excluding tert-OH is 1. The summed E-state index contributed by atoms with van der Waals surface area (Å²) < 4.78 is 5.61. The Kier molecular flexibility index (Phi) is 5.74. The van der Waals surface area contributed by atoms with Gasteiger partial charge in [0.15, 0.2) is 0 Å². The smallest absolute Gasteiger partial charge is 0.273 e. The Bertz CT molecular complexity index is 493. The molecule has 2 rings (SSSR count). The van der Waals surface area contributed by atoms with Gasteiger partial charge in [-0.3, -0.25) is 15.0 Å². The molecule has 0 amide bonds. The highest BCUT2D eigenvalue weighted by molar-refractivity contribution is 5.37. The second kappa shape index (κ2) is 7.56. The Morgan fingerprint density at radius 3 is 2.73 bits per heavy atom. The van der Waals surface area contributed by atoms with Crippen molar-refractivity contribution in [2.75, 3.05) is 32.8 Å². The number of ether oxygens (including phenoxy) is 1. The molecule has 6 nitrogen and oxygen atoms in total. The molecule has 1 fully saturated rings. The number of nitro benzene ring substituents is 1. The van der Waals surface area contributed by atoms with E-state index in [2.05, 4.69) is 11.8 Å². The van der Waals surface area contributed by atoms with E-state index in [1.807, 2.05) is 0 Å². The first-order chi connectivity index (χ1) is 10.6. The lowest BCUT2D eigenvalue weighted by Crippen LogP contribution is -2.43. The minimum Gasteiger partial charge on any atom is -0.492 e. The number of hydrogen-bond donors (Lipinski definition) is 1. The van der Waals surface area contributed by atoms with E-state index in [9.17, 15) is 15.2 Å². The molecule has 0 spiro atoms. The van der Waals surface area contributed by atoms with Gasteiger partial charge in [0.2, 0.25) is 0 Å². The van der Waals surface area contributed by atoms with Gasteiger partial charge in [-0.25, -0.2) is 0 Å². The molecule has 1 heterocycles. The Hall–Kier alpha value is -1.66. The third-order valence-corrected chi connectivity index (χ3v) is 4.71. The largest absolute Gasteiger partial charge is 0.492 e. The molecule has 0 saturated carbocycles. The fourth-order valence-corrected chi connectivity index (χ4v) is 2.85. The topological polar surface area (TPSA) is 75.8 Å². The fraction of sp³-hybridized carbons (Fsp3) is 0.625. The highest BCUT2D eigenvalue weighted by atomic mass is 16.6. The van der Waals surface area contributed by atoms with Crippen LogP contribution in [0.3, 0.4) is 0 Å². The van der Waals surface area contributed by atoms with Crippen molar-refractivity contribution >= 4 is 5.69 Å². The van der Waals surface area contributed by atoms with Crippen molar-refractivity contribution < 1.29 is 14.8 Å². The minimum atomic E-state index is -0.420. The summed E-state index contributed by atoms with van der Waals surface area (Å²) in [4.78, 5) is 12.6. The van der Waals surface area contributed by atoms with E-state index in [0.29, 0.717) is 12.4 Å². The number of aliphatic hydroxyl groups is 1. The number of likely N-dealkylation sites (tertiary alicyclic amines) is 1. The van der Waals surface area contributed by atoms with Crippen molar-refractivity contribution in [3.8, 4) is 5.75 Å². The van der Waals surface area contributed by atoms with Gasteiger partial charge in [0.05, 0.1) is 11.0 Å². The van der Waals surface area contributed by atoms with Crippen LogP contribution in [-0.4, -0.2) is 47.8 Å². The van der Waals surface area contributed by atoms with E-state index in [1.54, 1.807) is 12.1 Å². The van der Waals surface area contributed by atoms with Crippen LogP contribution in [0.4, 0.5) is 5.69 Å². The summed E-state index contributed by atoms with van der Waals surface area (Å²) in [6.45, 7) is 5.64. The lowest BCUT2D eigenvalue weighted by atomic mass is 9.77. The van der Waals surface area contributed by atoms with Gasteiger partial charge in [0, 0.05) is 19.2 Å². The molecule has 0 radical (unpaired) electrons. The summed E-state index contributed by atoms with van der Waals surface area (Å²) in [6, 6.07) is 6.27. The molecule has 0 aliphatic carbocycles. The van der Waals surface area contributed by atoms with Crippen molar-refractivity contribution in [1.82, 2.24) is 4.90 Å². The third-order valence-electron chi connectivity index (χ3n) is 4.71. The van der Waals surface area contributed by atoms with Crippen molar-refractivity contribution in [1.29, 1.82) is 0 Å². The Morgan fingerprint density at radius 1 is 1.41 bits per heavy atom. The summed E-state index contributed by atoms with van der Waals surface area (Å²) in [5, 5.41) is 20.2. The highest BCUT2D eigenvalue weighted by Crippen LogP contribution is 2.34. The zero-order chi connectivity index (χ0) is 16.0. The summed E-state index contributed by atoms with van der Waals surface area (Å²) in [7, 11) is 0. The summed E-state index contributed by atoms with van der Waals surface area (Å²) in [5.41, 5.74) is 0.142. The number of hydrogen-bond acceptors (Lipinski definition) is 5. The van der Waals surface area contributed by atoms with Gasteiger partial charge in [-0.2, -0.15) is 0 Å². The van der Waals surface area contributed by atoms with E-state index in [1.165, 1.54) is 12.1 Å². The van der Waals surface area contributed by atoms with Crippen LogP contribution in [0.15, 0.2) is 24.3 Å². The van der Waals surface area contributed by atoms with Crippen LogP contribution in [0.5, 0.6) is 5.75 Å². The lowest BCUT2D eigenvalue weighted by Gasteiger charge is -2.40. The maximum Gasteiger partial charge on any atom is 0.273 e. The maximum absolute atomic E-state index is 10.7. The second-order valence-corrected chi connectivity index (χ2v) is 5.96. The molecule has 1 aromatic rings. The number of nitro groups is 1. The van der Waals surface area contributed by atoms with Crippen molar-refractivity contribution in [3.63, 3.8) is 0 Å². The summed E-state index contributed by atoms with van der Waals surface area (Å²) >= 11 is 0. The number of rotatable bonds is 7. The SMILES string of the molecule is CCC1(CO)CCN(CCOc2cccc([N+](=O)[O-])c2)CC1. The maximum atomic E-state index is 10.7. The molecule has 1 aliphatic rings. The predicted octanol–water partition coefficient (Wildman–Crippen LogP) is 2.46. The molecule has 0 unspecified atom stereocenters. The van der Waals surface area contributed by atoms with E-state index in [0.717, 1.165) is 38.9 Å². The first-order valence-electron chi connectivity index (χ1n) is 7.79. The number of piperidine rings is 1. The molecule has 122 valence electrons. The number of non-ortho nitro benzene ring substituents is 1. The monoisotopic (exact) mass is 308 g/mol. The van der Waals surface area contributed by atoms with Crippen LogP contribution < -0.4 is 4.74 Å². The number of benzene rings is 1. The van der Waals surface area contributed by atoms with Gasteiger partial charge in [-0.15, -0.1) is 0 Å². The van der Waals surface area contributed by atoms with Gasteiger partial charge in [-0.05, 0) is 43.8 Å². The Balaban J connectivity index is 1.76. The number of nitrogens with zero attached hydrogens (tertiary/aromatic N) is 2. The van der Waals surface area contributed by atoms with E-state index in [4.69, 9.17) is 4.74 Å². The molecule has 1 aromatic carbocycles. The molecular weight excluding hydrogens is 284 g/mol. The fourth-order valence-electron chi connectivity index (χ4n) is 2.85. The molecule has 0 aromatic heterocycles. The van der Waals surface area contributed by atoms with Crippen molar-refractivity contribution in [2.24, 2.45) is 5.41 Å². The average molecular weight is 308 g/mol. The molecular formula is C16H24N2O4. The second-order valence-electron chi connectivity index (χ2n) is 5.96. The van der Waals surface area contributed by atoms with Gasteiger partial charge in [0.1, 0.15) is 12.4 Å².